The minimum Gasteiger partial charge on any atom is -0.387 e. The lowest BCUT2D eigenvalue weighted by molar-refractivity contribution is -0.0439. The van der Waals surface area contributed by atoms with E-state index in [0.717, 1.165) is 16.7 Å². The van der Waals surface area contributed by atoms with Crippen LogP contribution in [0.25, 0.3) is 0 Å². The highest BCUT2D eigenvalue weighted by molar-refractivity contribution is 5.88. The van der Waals surface area contributed by atoms with Crippen LogP contribution in [0, 0.1) is 11.8 Å². The highest BCUT2D eigenvalue weighted by Gasteiger charge is 2.44. The number of carbonyl (C=O) groups excluding carboxylic acids is 1. The van der Waals surface area contributed by atoms with Gasteiger partial charge in [0.15, 0.2) is 6.23 Å². The number of aliphatic hydroxyl groups is 2. The normalized spacial score (nSPS) is 22.3. The van der Waals surface area contributed by atoms with E-state index in [-0.39, 0.29) is 12.4 Å². The molecule has 2 aromatic carbocycles. The van der Waals surface area contributed by atoms with Gasteiger partial charge in [-0.05, 0) is 23.8 Å². The number of aliphatic hydroxyl groups excluding tert-OH is 2. The predicted molar refractivity (Wildman–Crippen MR) is 115 cm³/mol. The molecule has 0 bridgehead atoms. The topological polar surface area (TPSA) is 136 Å². The van der Waals surface area contributed by atoms with Crippen molar-refractivity contribution < 1.29 is 19.7 Å². The van der Waals surface area contributed by atoms with E-state index in [2.05, 4.69) is 27.2 Å². The van der Waals surface area contributed by atoms with Crippen molar-refractivity contribution >= 4 is 5.91 Å². The van der Waals surface area contributed by atoms with Crippen LogP contribution in [0.15, 0.2) is 60.9 Å². The number of rotatable bonds is 6. The number of hydrogen-bond donors (Lipinski definition) is 4. The van der Waals surface area contributed by atoms with Gasteiger partial charge in [-0.25, -0.2) is 9.67 Å². The molecule has 0 spiro atoms. The lowest BCUT2D eigenvalue weighted by Crippen LogP contribution is -2.37. The molecule has 0 unspecified atom stereocenters. The molecule has 4 rings (SSSR count). The fraction of sp³-hybridized carbons (Fsp3) is 0.261. The zero-order valence-corrected chi connectivity index (χ0v) is 17.1. The summed E-state index contributed by atoms with van der Waals surface area (Å²) in [6.45, 7) is 0.786. The van der Waals surface area contributed by atoms with Crippen LogP contribution in [0.4, 0.5) is 0 Å². The highest BCUT2D eigenvalue weighted by Crippen LogP contribution is 2.28. The fourth-order valence-electron chi connectivity index (χ4n) is 3.43. The van der Waals surface area contributed by atoms with Crippen molar-refractivity contribution in [1.82, 2.24) is 20.1 Å². The quantitative estimate of drug-likeness (QED) is 0.408. The molecule has 1 aliphatic heterocycles. The fourth-order valence-corrected chi connectivity index (χ4v) is 3.43. The Labute approximate surface area is 184 Å². The zero-order valence-electron chi connectivity index (χ0n) is 17.1. The minimum absolute atomic E-state index is 0.190. The number of carbonyl (C=O) groups is 1. The third-order valence-electron chi connectivity index (χ3n) is 5.12. The molecule has 0 saturated carbocycles. The van der Waals surface area contributed by atoms with E-state index in [9.17, 15) is 15.0 Å². The lowest BCUT2D eigenvalue weighted by Gasteiger charge is -2.15. The van der Waals surface area contributed by atoms with Gasteiger partial charge in [0.25, 0.3) is 5.91 Å². The smallest absolute Gasteiger partial charge is 0.288 e. The van der Waals surface area contributed by atoms with Crippen LogP contribution in [0.3, 0.4) is 0 Å². The predicted octanol–water partition coefficient (Wildman–Crippen LogP) is 0.186. The Bertz CT molecular complexity index is 1140. The van der Waals surface area contributed by atoms with Gasteiger partial charge < -0.3 is 26.0 Å². The van der Waals surface area contributed by atoms with Crippen LogP contribution >= 0.6 is 0 Å². The van der Waals surface area contributed by atoms with Crippen molar-refractivity contribution in [2.24, 2.45) is 5.73 Å². The Balaban J connectivity index is 1.37. The Kier molecular flexibility index (Phi) is 6.58. The van der Waals surface area contributed by atoms with Gasteiger partial charge >= 0.3 is 0 Å². The molecular weight excluding hydrogens is 410 g/mol. The molecule has 5 N–H and O–H groups in total. The van der Waals surface area contributed by atoms with Gasteiger partial charge in [0.1, 0.15) is 24.6 Å². The number of primary amides is 1. The van der Waals surface area contributed by atoms with Crippen molar-refractivity contribution in [1.29, 1.82) is 0 Å². The summed E-state index contributed by atoms with van der Waals surface area (Å²) in [6, 6.07) is 17.5. The van der Waals surface area contributed by atoms with Gasteiger partial charge in [-0.15, -0.1) is 5.10 Å². The van der Waals surface area contributed by atoms with Crippen molar-refractivity contribution in [2.45, 2.75) is 31.1 Å². The number of hydrogen-bond acceptors (Lipinski definition) is 7. The molecule has 1 fully saturated rings. The third-order valence-corrected chi connectivity index (χ3v) is 5.12. The van der Waals surface area contributed by atoms with Gasteiger partial charge in [-0.1, -0.05) is 48.2 Å². The Morgan fingerprint density at radius 3 is 2.59 bits per heavy atom. The van der Waals surface area contributed by atoms with E-state index in [1.165, 1.54) is 11.0 Å². The van der Waals surface area contributed by atoms with E-state index >= 15 is 0 Å². The number of aromatic nitrogens is 3. The van der Waals surface area contributed by atoms with Crippen LogP contribution in [0.2, 0.25) is 0 Å². The summed E-state index contributed by atoms with van der Waals surface area (Å²) in [4.78, 5) is 15.0. The summed E-state index contributed by atoms with van der Waals surface area (Å²) in [5, 5.41) is 27.9. The second-order valence-corrected chi connectivity index (χ2v) is 7.36. The molecule has 4 atom stereocenters. The van der Waals surface area contributed by atoms with Crippen molar-refractivity contribution in [3.8, 4) is 11.8 Å². The molecule has 164 valence electrons. The van der Waals surface area contributed by atoms with E-state index < -0.39 is 30.4 Å². The van der Waals surface area contributed by atoms with E-state index in [0.29, 0.717) is 6.54 Å². The first-order valence-electron chi connectivity index (χ1n) is 10.1. The van der Waals surface area contributed by atoms with Crippen LogP contribution in [-0.4, -0.2) is 55.7 Å². The van der Waals surface area contributed by atoms with Gasteiger partial charge in [-0.3, -0.25) is 4.79 Å². The molecule has 0 radical (unpaired) electrons. The average molecular weight is 433 g/mol. The minimum atomic E-state index is -1.23. The monoisotopic (exact) mass is 433 g/mol. The van der Waals surface area contributed by atoms with Crippen LogP contribution < -0.4 is 11.1 Å². The maximum Gasteiger partial charge on any atom is 0.288 e. The number of benzene rings is 2. The number of nitrogens with zero attached hydrogens (tertiary/aromatic N) is 3. The molecule has 1 saturated heterocycles. The first-order chi connectivity index (χ1) is 15.5. The molecular formula is C23H23N5O4. The maximum atomic E-state index is 11.2. The molecule has 0 aliphatic carbocycles. The standard InChI is InChI=1S/C23H23N5O4/c24-21(31)22-26-14-28(27-22)23-20(30)19(29)18(32-23)13-25-12-17-9-5-4-8-16(17)11-10-15-6-2-1-3-7-15/h1-9,14,18-20,23,25,29-30H,12-13H2,(H2,24,31)/t18-,19-,20-,23-/m1/s1. The third kappa shape index (κ3) is 4.85. The summed E-state index contributed by atoms with van der Waals surface area (Å²) in [5.74, 6) is 5.37. The maximum absolute atomic E-state index is 11.2. The van der Waals surface area contributed by atoms with E-state index in [1.807, 2.05) is 54.6 Å². The number of ether oxygens (including phenoxy) is 1. The van der Waals surface area contributed by atoms with Crippen molar-refractivity contribution in [2.75, 3.05) is 6.54 Å². The average Bonchev–Trinajstić information content (AvgIpc) is 3.40. The molecule has 1 aliphatic rings. The van der Waals surface area contributed by atoms with Crippen LogP contribution in [0.1, 0.15) is 33.5 Å². The summed E-state index contributed by atoms with van der Waals surface area (Å²) in [7, 11) is 0. The van der Waals surface area contributed by atoms with Crippen molar-refractivity contribution in [3.63, 3.8) is 0 Å². The molecule has 9 nitrogen and oxygen atoms in total. The summed E-state index contributed by atoms with van der Waals surface area (Å²) < 4.78 is 6.94. The summed E-state index contributed by atoms with van der Waals surface area (Å²) >= 11 is 0. The second kappa shape index (κ2) is 9.72. The van der Waals surface area contributed by atoms with Crippen molar-refractivity contribution in [3.05, 3.63) is 83.4 Å². The number of nitrogens with one attached hydrogen (secondary N) is 1. The molecule has 9 heteroatoms. The summed E-state index contributed by atoms with van der Waals surface area (Å²) in [5.41, 5.74) is 7.99. The zero-order chi connectivity index (χ0) is 22.5. The van der Waals surface area contributed by atoms with Gasteiger partial charge in [0.05, 0.1) is 0 Å². The molecule has 2 heterocycles. The molecule has 3 aromatic rings. The Hall–Kier alpha value is -3.55. The number of nitrogens with two attached hydrogens (primary N) is 1. The second-order valence-electron chi connectivity index (χ2n) is 7.36. The highest BCUT2D eigenvalue weighted by atomic mass is 16.6. The van der Waals surface area contributed by atoms with Crippen LogP contribution in [0.5, 0.6) is 0 Å². The number of amides is 1. The van der Waals surface area contributed by atoms with E-state index in [4.69, 9.17) is 10.5 Å². The van der Waals surface area contributed by atoms with E-state index in [1.54, 1.807) is 0 Å². The largest absolute Gasteiger partial charge is 0.387 e. The molecule has 1 amide bonds. The van der Waals surface area contributed by atoms with Crippen LogP contribution in [-0.2, 0) is 11.3 Å². The Morgan fingerprint density at radius 2 is 1.84 bits per heavy atom. The first kappa shape index (κ1) is 21.7. The van der Waals surface area contributed by atoms with Gasteiger partial charge in [0.2, 0.25) is 5.82 Å². The van der Waals surface area contributed by atoms with Gasteiger partial charge in [-0.2, -0.15) is 0 Å². The molecule has 32 heavy (non-hydrogen) atoms. The van der Waals surface area contributed by atoms with Gasteiger partial charge in [0, 0.05) is 24.2 Å². The first-order valence-corrected chi connectivity index (χ1v) is 10.1. The summed E-state index contributed by atoms with van der Waals surface area (Å²) in [6.07, 6.45) is -2.78. The lowest BCUT2D eigenvalue weighted by atomic mass is 10.1. The molecule has 1 aromatic heterocycles. The SMILES string of the molecule is NC(=O)c1ncn([C@@H]2O[C@H](CNCc3ccccc3C#Cc3ccccc3)[C@@H](O)[C@H]2O)n1. The Morgan fingerprint density at radius 1 is 1.09 bits per heavy atom.